The number of H-pyrrole nitrogens is 2. The molecule has 3 heterocycles. The molecule has 0 unspecified atom stereocenters. The molecule has 30 heavy (non-hydrogen) atoms. The summed E-state index contributed by atoms with van der Waals surface area (Å²) in [7, 11) is 0. The number of aryl methyl sites for hydroxylation is 1. The highest BCUT2D eigenvalue weighted by Gasteiger charge is 2.31. The quantitative estimate of drug-likeness (QED) is 0.414. The van der Waals surface area contributed by atoms with Crippen LogP contribution in [0.3, 0.4) is 0 Å². The van der Waals surface area contributed by atoms with Crippen molar-refractivity contribution in [3.8, 4) is 11.6 Å². The van der Waals surface area contributed by atoms with Gasteiger partial charge in [-0.1, -0.05) is 30.3 Å². The van der Waals surface area contributed by atoms with Crippen molar-refractivity contribution in [2.24, 2.45) is 0 Å². The summed E-state index contributed by atoms with van der Waals surface area (Å²) in [5.41, 5.74) is 4.20. The van der Waals surface area contributed by atoms with E-state index < -0.39 is 17.3 Å². The Labute approximate surface area is 172 Å². The van der Waals surface area contributed by atoms with Gasteiger partial charge in [-0.3, -0.25) is 9.78 Å². The number of nitrogens with one attached hydrogen (secondary N) is 3. The summed E-state index contributed by atoms with van der Waals surface area (Å²) >= 11 is 0. The molecule has 7 nitrogen and oxygen atoms in total. The highest BCUT2D eigenvalue weighted by molar-refractivity contribution is 5.85. The Hall–Kier alpha value is -3.58. The third-order valence-electron chi connectivity index (χ3n) is 6.09. The Morgan fingerprint density at radius 2 is 1.83 bits per heavy atom. The monoisotopic (exact) mass is 402 g/mol. The number of aromatic nitrogens is 3. The second-order valence-electron chi connectivity index (χ2n) is 7.75. The van der Waals surface area contributed by atoms with Crippen molar-refractivity contribution in [2.75, 3.05) is 6.54 Å². The first-order valence-corrected chi connectivity index (χ1v) is 9.95. The van der Waals surface area contributed by atoms with Crippen LogP contribution in [0.25, 0.3) is 16.6 Å². The van der Waals surface area contributed by atoms with Crippen molar-refractivity contribution in [3.63, 3.8) is 0 Å². The molecule has 0 fully saturated rings. The molecular formula is C23H22N4O3. The zero-order valence-electron chi connectivity index (χ0n) is 16.7. The Kier molecular flexibility index (Phi) is 4.15. The van der Waals surface area contributed by atoms with E-state index in [4.69, 9.17) is 0 Å². The molecule has 0 saturated heterocycles. The lowest BCUT2D eigenvalue weighted by atomic mass is 9.95. The van der Waals surface area contributed by atoms with Crippen LogP contribution in [0.4, 0.5) is 0 Å². The van der Waals surface area contributed by atoms with Gasteiger partial charge in [0.05, 0.1) is 11.7 Å². The van der Waals surface area contributed by atoms with Crippen molar-refractivity contribution in [1.29, 1.82) is 0 Å². The molecule has 7 heteroatoms. The van der Waals surface area contributed by atoms with Crippen LogP contribution < -0.4 is 16.6 Å². The average Bonchev–Trinajstić information content (AvgIpc) is 3.10. The lowest BCUT2D eigenvalue weighted by Gasteiger charge is -2.25. The van der Waals surface area contributed by atoms with Crippen molar-refractivity contribution in [3.05, 3.63) is 91.3 Å². The SMILES string of the molecule is Cc1cccc(-n2c(O)c([C@H]3NCCc4c3[nH]c3ccccc43)c(=O)[nH]c2=O)c1C. The standard InChI is InChI=1S/C23H22N4O3/c1-12-6-5-9-17(13(12)2)27-22(29)18(21(28)26-23(27)30)20-19-15(10-11-24-20)14-7-3-4-8-16(14)25-19/h3-9,20,24-25,29H,10-11H2,1-2H3,(H,26,28,30)/t20-/m1/s1. The molecule has 1 aliphatic rings. The van der Waals surface area contributed by atoms with E-state index in [1.807, 2.05) is 50.2 Å². The summed E-state index contributed by atoms with van der Waals surface area (Å²) < 4.78 is 1.18. The lowest BCUT2D eigenvalue weighted by molar-refractivity contribution is 0.409. The largest absolute Gasteiger partial charge is 0.494 e. The molecule has 0 radical (unpaired) electrons. The normalized spacial score (nSPS) is 16.0. The van der Waals surface area contributed by atoms with Crippen LogP contribution in [0.1, 0.15) is 34.0 Å². The van der Waals surface area contributed by atoms with Gasteiger partial charge in [0.2, 0.25) is 5.88 Å². The second kappa shape index (κ2) is 6.74. The van der Waals surface area contributed by atoms with E-state index in [0.29, 0.717) is 12.2 Å². The number of nitrogens with zero attached hydrogens (tertiary/aromatic N) is 1. The number of hydrogen-bond acceptors (Lipinski definition) is 4. The molecule has 0 bridgehead atoms. The van der Waals surface area contributed by atoms with Gasteiger partial charge in [0.15, 0.2) is 0 Å². The lowest BCUT2D eigenvalue weighted by Crippen LogP contribution is -2.38. The molecule has 2 aromatic carbocycles. The van der Waals surface area contributed by atoms with Gasteiger partial charge in [-0.25, -0.2) is 9.36 Å². The van der Waals surface area contributed by atoms with Gasteiger partial charge < -0.3 is 15.4 Å². The Balaban J connectivity index is 1.77. The van der Waals surface area contributed by atoms with Crippen LogP contribution in [0.15, 0.2) is 52.1 Å². The summed E-state index contributed by atoms with van der Waals surface area (Å²) in [6.45, 7) is 4.48. The van der Waals surface area contributed by atoms with E-state index in [2.05, 4.69) is 15.3 Å². The fraction of sp³-hybridized carbons (Fsp3) is 0.217. The molecular weight excluding hydrogens is 380 g/mol. The van der Waals surface area contributed by atoms with E-state index in [1.165, 1.54) is 4.57 Å². The molecule has 0 saturated carbocycles. The molecule has 2 aromatic heterocycles. The zero-order chi connectivity index (χ0) is 21.0. The molecule has 4 aromatic rings. The predicted molar refractivity (Wildman–Crippen MR) is 116 cm³/mol. The van der Waals surface area contributed by atoms with Crippen LogP contribution in [-0.4, -0.2) is 26.2 Å². The second-order valence-corrected chi connectivity index (χ2v) is 7.75. The van der Waals surface area contributed by atoms with Crippen molar-refractivity contribution in [2.45, 2.75) is 26.3 Å². The smallest absolute Gasteiger partial charge is 0.335 e. The summed E-state index contributed by atoms with van der Waals surface area (Å²) in [6.07, 6.45) is 0.811. The first-order valence-electron chi connectivity index (χ1n) is 9.95. The number of aromatic hydroxyl groups is 1. The van der Waals surface area contributed by atoms with Crippen molar-refractivity contribution >= 4 is 10.9 Å². The topological polar surface area (TPSA) is 103 Å². The number of para-hydroxylation sites is 1. The van der Waals surface area contributed by atoms with E-state index in [0.717, 1.165) is 39.7 Å². The van der Waals surface area contributed by atoms with Gasteiger partial charge >= 0.3 is 5.69 Å². The van der Waals surface area contributed by atoms with Crippen LogP contribution in [0.2, 0.25) is 0 Å². The van der Waals surface area contributed by atoms with Crippen LogP contribution in [0.5, 0.6) is 5.88 Å². The number of hydrogen-bond donors (Lipinski definition) is 4. The van der Waals surface area contributed by atoms with Crippen molar-refractivity contribution in [1.82, 2.24) is 19.9 Å². The first kappa shape index (κ1) is 18.4. The highest BCUT2D eigenvalue weighted by Crippen LogP contribution is 2.35. The van der Waals surface area contributed by atoms with Crippen LogP contribution >= 0.6 is 0 Å². The summed E-state index contributed by atoms with van der Waals surface area (Å²) in [5, 5.41) is 15.6. The predicted octanol–water partition coefficient (Wildman–Crippen LogP) is 2.56. The number of benzene rings is 2. The number of rotatable bonds is 2. The maximum atomic E-state index is 12.8. The molecule has 5 rings (SSSR count). The zero-order valence-corrected chi connectivity index (χ0v) is 16.7. The van der Waals surface area contributed by atoms with E-state index in [1.54, 1.807) is 6.07 Å². The van der Waals surface area contributed by atoms with Gasteiger partial charge in [0, 0.05) is 23.1 Å². The number of fused-ring (bicyclic) bond motifs is 3. The molecule has 152 valence electrons. The molecule has 0 spiro atoms. The Morgan fingerprint density at radius 3 is 2.67 bits per heavy atom. The maximum Gasteiger partial charge on any atom is 0.335 e. The van der Waals surface area contributed by atoms with Gasteiger partial charge in [0.1, 0.15) is 5.56 Å². The highest BCUT2D eigenvalue weighted by atomic mass is 16.3. The average molecular weight is 402 g/mol. The van der Waals surface area contributed by atoms with E-state index in [-0.39, 0.29) is 11.4 Å². The summed E-state index contributed by atoms with van der Waals surface area (Å²) in [4.78, 5) is 31.3. The van der Waals surface area contributed by atoms with Gasteiger partial charge in [-0.15, -0.1) is 0 Å². The minimum Gasteiger partial charge on any atom is -0.494 e. The van der Waals surface area contributed by atoms with E-state index >= 15 is 0 Å². The van der Waals surface area contributed by atoms with Gasteiger partial charge in [-0.2, -0.15) is 0 Å². The summed E-state index contributed by atoms with van der Waals surface area (Å²) in [6, 6.07) is 12.9. The molecule has 1 atom stereocenters. The minimum atomic E-state index is -0.664. The Morgan fingerprint density at radius 1 is 1.03 bits per heavy atom. The van der Waals surface area contributed by atoms with Gasteiger partial charge in [0.25, 0.3) is 5.56 Å². The maximum absolute atomic E-state index is 12.8. The molecule has 4 N–H and O–H groups in total. The first-order chi connectivity index (χ1) is 14.5. The molecule has 0 aliphatic carbocycles. The van der Waals surface area contributed by atoms with Gasteiger partial charge in [-0.05, 0) is 49.1 Å². The van der Waals surface area contributed by atoms with Crippen LogP contribution in [-0.2, 0) is 6.42 Å². The number of aromatic amines is 2. The fourth-order valence-electron chi connectivity index (χ4n) is 4.43. The van der Waals surface area contributed by atoms with E-state index in [9.17, 15) is 14.7 Å². The third-order valence-corrected chi connectivity index (χ3v) is 6.09. The fourth-order valence-corrected chi connectivity index (χ4v) is 4.43. The third kappa shape index (κ3) is 2.63. The van der Waals surface area contributed by atoms with Crippen molar-refractivity contribution < 1.29 is 5.11 Å². The summed E-state index contributed by atoms with van der Waals surface area (Å²) in [5.74, 6) is -0.346. The van der Waals surface area contributed by atoms with Crippen LogP contribution in [0, 0.1) is 13.8 Å². The molecule has 1 aliphatic heterocycles. The Bertz CT molecular complexity index is 1410. The minimum absolute atomic E-state index is 0.128. The molecule has 0 amide bonds.